The summed E-state index contributed by atoms with van der Waals surface area (Å²) in [5.41, 5.74) is 1.03. The Morgan fingerprint density at radius 1 is 1.50 bits per heavy atom. The van der Waals surface area contributed by atoms with Gasteiger partial charge in [0.1, 0.15) is 12.4 Å². The minimum absolute atomic E-state index is 0.0350. The van der Waals surface area contributed by atoms with E-state index in [1.54, 1.807) is 12.1 Å². The van der Waals surface area contributed by atoms with Crippen LogP contribution in [0.15, 0.2) is 18.2 Å². The molecule has 0 spiro atoms. The maximum absolute atomic E-state index is 10.9. The lowest BCUT2D eigenvalue weighted by Crippen LogP contribution is -2.12. The smallest absolute Gasteiger partial charge is 0.184 e. The Balaban J connectivity index is 2.66. The molecule has 76 valence electrons. The molecule has 1 rings (SSSR count). The molecule has 0 atom stereocenters. The van der Waals surface area contributed by atoms with Crippen molar-refractivity contribution >= 4 is 29.0 Å². The molecule has 0 bridgehead atoms. The van der Waals surface area contributed by atoms with Crippen LogP contribution >= 0.6 is 23.2 Å². The fourth-order valence-electron chi connectivity index (χ4n) is 0.918. The molecule has 0 aliphatic heterocycles. The predicted molar refractivity (Wildman–Crippen MR) is 57.4 cm³/mol. The largest absolute Gasteiger partial charge is 0.484 e. The van der Waals surface area contributed by atoms with Gasteiger partial charge in [-0.15, -0.1) is 11.6 Å². The summed E-state index contributed by atoms with van der Waals surface area (Å²) in [6, 6.07) is 5.39. The highest BCUT2D eigenvalue weighted by atomic mass is 35.5. The first kappa shape index (κ1) is 11.3. The average Bonchev–Trinajstić information content (AvgIpc) is 2.19. The van der Waals surface area contributed by atoms with E-state index in [9.17, 15) is 4.79 Å². The number of ether oxygens (including phenoxy) is 1. The van der Waals surface area contributed by atoms with Gasteiger partial charge in [-0.05, 0) is 24.6 Å². The Kier molecular flexibility index (Phi) is 4.23. The van der Waals surface area contributed by atoms with Gasteiger partial charge in [0.25, 0.3) is 0 Å². The number of Topliss-reactive ketones (excluding diaryl/α,β-unsaturated/α-hetero) is 1. The van der Waals surface area contributed by atoms with Crippen LogP contribution in [-0.4, -0.2) is 18.3 Å². The Morgan fingerprint density at radius 3 is 2.86 bits per heavy atom. The molecule has 0 aliphatic carbocycles. The van der Waals surface area contributed by atoms with Crippen molar-refractivity contribution < 1.29 is 9.53 Å². The minimum atomic E-state index is -0.163. The van der Waals surface area contributed by atoms with Crippen LogP contribution < -0.4 is 4.74 Å². The van der Waals surface area contributed by atoms with Gasteiger partial charge in [-0.25, -0.2) is 0 Å². The van der Waals surface area contributed by atoms with Crippen molar-refractivity contribution in [3.05, 3.63) is 28.8 Å². The molecule has 0 aliphatic rings. The zero-order valence-electron chi connectivity index (χ0n) is 7.72. The summed E-state index contributed by atoms with van der Waals surface area (Å²) in [7, 11) is 0. The molecular formula is C10H10Cl2O2. The van der Waals surface area contributed by atoms with E-state index in [4.69, 9.17) is 27.9 Å². The third kappa shape index (κ3) is 3.20. The number of halogens is 2. The van der Waals surface area contributed by atoms with Crippen molar-refractivity contribution in [2.24, 2.45) is 0 Å². The zero-order valence-corrected chi connectivity index (χ0v) is 9.23. The number of carbonyl (C=O) groups excluding carboxylic acids is 1. The highest BCUT2D eigenvalue weighted by Crippen LogP contribution is 2.25. The van der Waals surface area contributed by atoms with E-state index < -0.39 is 0 Å². The van der Waals surface area contributed by atoms with E-state index in [1.807, 2.05) is 13.0 Å². The lowest BCUT2D eigenvalue weighted by Gasteiger charge is -2.06. The zero-order chi connectivity index (χ0) is 10.6. The topological polar surface area (TPSA) is 26.3 Å². The molecule has 2 nitrogen and oxygen atoms in total. The first-order valence-corrected chi connectivity index (χ1v) is 5.01. The molecule has 0 heterocycles. The molecule has 0 amide bonds. The van der Waals surface area contributed by atoms with Crippen molar-refractivity contribution in [3.8, 4) is 5.75 Å². The van der Waals surface area contributed by atoms with Gasteiger partial charge in [0, 0.05) is 0 Å². The molecule has 0 N–H and O–H groups in total. The van der Waals surface area contributed by atoms with Crippen molar-refractivity contribution in [1.82, 2.24) is 0 Å². The second kappa shape index (κ2) is 5.23. The number of aryl methyl sites for hydroxylation is 1. The van der Waals surface area contributed by atoms with Gasteiger partial charge in [-0.1, -0.05) is 17.7 Å². The molecule has 0 saturated carbocycles. The van der Waals surface area contributed by atoms with Gasteiger partial charge < -0.3 is 4.74 Å². The number of alkyl halides is 1. The molecule has 0 aromatic heterocycles. The second-order valence-electron chi connectivity index (χ2n) is 2.89. The molecular weight excluding hydrogens is 223 g/mol. The van der Waals surface area contributed by atoms with Crippen LogP contribution in [0.3, 0.4) is 0 Å². The van der Waals surface area contributed by atoms with Crippen molar-refractivity contribution in [2.45, 2.75) is 6.92 Å². The van der Waals surface area contributed by atoms with Gasteiger partial charge >= 0.3 is 0 Å². The van der Waals surface area contributed by atoms with E-state index in [2.05, 4.69) is 0 Å². The first-order valence-electron chi connectivity index (χ1n) is 4.10. The van der Waals surface area contributed by atoms with Crippen molar-refractivity contribution in [1.29, 1.82) is 0 Å². The Bertz CT molecular complexity index is 337. The van der Waals surface area contributed by atoms with Crippen LogP contribution in [0.2, 0.25) is 5.02 Å². The summed E-state index contributed by atoms with van der Waals surface area (Å²) in [5, 5.41) is 0.498. The van der Waals surface area contributed by atoms with E-state index in [0.29, 0.717) is 10.8 Å². The van der Waals surface area contributed by atoms with Crippen LogP contribution in [0, 0.1) is 6.92 Å². The quantitative estimate of drug-likeness (QED) is 0.747. The fourth-order valence-corrected chi connectivity index (χ4v) is 1.17. The van der Waals surface area contributed by atoms with Crippen LogP contribution in [0.4, 0.5) is 0 Å². The number of rotatable bonds is 4. The molecule has 0 unspecified atom stereocenters. The van der Waals surface area contributed by atoms with E-state index >= 15 is 0 Å². The molecule has 4 heteroatoms. The number of carbonyl (C=O) groups is 1. The monoisotopic (exact) mass is 232 g/mol. The molecule has 1 aromatic carbocycles. The fraction of sp³-hybridized carbons (Fsp3) is 0.300. The third-order valence-electron chi connectivity index (χ3n) is 1.62. The molecule has 0 saturated heterocycles. The normalized spacial score (nSPS) is 9.93. The third-order valence-corrected chi connectivity index (χ3v) is 2.23. The molecule has 14 heavy (non-hydrogen) atoms. The Morgan fingerprint density at radius 2 is 2.21 bits per heavy atom. The van der Waals surface area contributed by atoms with E-state index in [-0.39, 0.29) is 18.3 Å². The van der Waals surface area contributed by atoms with Gasteiger partial charge in [0.05, 0.1) is 10.9 Å². The Hall–Kier alpha value is -0.730. The number of hydrogen-bond donors (Lipinski definition) is 0. The molecule has 1 aromatic rings. The minimum Gasteiger partial charge on any atom is -0.484 e. The van der Waals surface area contributed by atoms with Gasteiger partial charge in [0.15, 0.2) is 5.78 Å². The summed E-state index contributed by atoms with van der Waals surface area (Å²) in [5.74, 6) is 0.318. The summed E-state index contributed by atoms with van der Waals surface area (Å²) >= 11 is 11.2. The SMILES string of the molecule is Cc1ccc(Cl)c(OCC(=O)CCl)c1. The highest BCUT2D eigenvalue weighted by Gasteiger charge is 2.04. The standard InChI is InChI=1S/C10H10Cl2O2/c1-7-2-3-9(12)10(4-7)14-6-8(13)5-11/h2-4H,5-6H2,1H3. The van der Waals surface area contributed by atoms with Crippen molar-refractivity contribution in [3.63, 3.8) is 0 Å². The highest BCUT2D eigenvalue weighted by molar-refractivity contribution is 6.32. The summed E-state index contributed by atoms with van der Waals surface area (Å²) in [6.45, 7) is 1.89. The number of hydrogen-bond acceptors (Lipinski definition) is 2. The van der Waals surface area contributed by atoms with Crippen LogP contribution in [0.1, 0.15) is 5.56 Å². The first-order chi connectivity index (χ1) is 6.63. The predicted octanol–water partition coefficient (Wildman–Crippen LogP) is 2.84. The van der Waals surface area contributed by atoms with Gasteiger partial charge in [0.2, 0.25) is 0 Å². The van der Waals surface area contributed by atoms with Gasteiger partial charge in [-0.2, -0.15) is 0 Å². The maximum Gasteiger partial charge on any atom is 0.184 e. The van der Waals surface area contributed by atoms with Crippen LogP contribution in [0.5, 0.6) is 5.75 Å². The van der Waals surface area contributed by atoms with E-state index in [1.165, 1.54) is 0 Å². The van der Waals surface area contributed by atoms with Crippen LogP contribution in [-0.2, 0) is 4.79 Å². The average molecular weight is 233 g/mol. The lowest BCUT2D eigenvalue weighted by atomic mass is 10.2. The summed E-state index contributed by atoms with van der Waals surface area (Å²) in [4.78, 5) is 10.9. The number of benzene rings is 1. The lowest BCUT2D eigenvalue weighted by molar-refractivity contribution is -0.118. The summed E-state index contributed by atoms with van der Waals surface area (Å²) in [6.07, 6.45) is 0. The summed E-state index contributed by atoms with van der Waals surface area (Å²) < 4.78 is 5.20. The second-order valence-corrected chi connectivity index (χ2v) is 3.57. The molecule has 0 radical (unpaired) electrons. The van der Waals surface area contributed by atoms with Gasteiger partial charge in [-0.3, -0.25) is 4.79 Å². The molecule has 0 fully saturated rings. The van der Waals surface area contributed by atoms with Crippen molar-refractivity contribution in [2.75, 3.05) is 12.5 Å². The van der Waals surface area contributed by atoms with E-state index in [0.717, 1.165) is 5.56 Å². The van der Waals surface area contributed by atoms with Crippen LogP contribution in [0.25, 0.3) is 0 Å². The number of ketones is 1. The Labute approximate surface area is 92.8 Å². The maximum atomic E-state index is 10.9.